The molecule has 2 N–H and O–H groups in total. The van der Waals surface area contributed by atoms with Crippen molar-refractivity contribution in [3.05, 3.63) is 12.3 Å². The van der Waals surface area contributed by atoms with Gasteiger partial charge in [0, 0.05) is 25.4 Å². The molecule has 108 valence electrons. The zero-order chi connectivity index (χ0) is 14.3. The number of hydrogen-bond donors (Lipinski definition) is 2. The van der Waals surface area contributed by atoms with E-state index in [4.69, 9.17) is 9.84 Å². The number of nitrogens with zero attached hydrogens (tertiary/aromatic N) is 2. The third-order valence-electron chi connectivity index (χ3n) is 2.72. The molecule has 0 radical (unpaired) electrons. The predicted molar refractivity (Wildman–Crippen MR) is 76.4 cm³/mol. The lowest BCUT2D eigenvalue weighted by molar-refractivity contribution is 0.232. The number of nitrogens with one attached hydrogen (secondary N) is 1. The summed E-state index contributed by atoms with van der Waals surface area (Å²) in [6, 6.07) is 1.75. The second-order valence-electron chi connectivity index (χ2n) is 5.73. The van der Waals surface area contributed by atoms with Crippen LogP contribution in [0.15, 0.2) is 12.3 Å². The number of anilines is 1. The molecular weight excluding hydrogens is 242 g/mol. The molecule has 0 aromatic carbocycles. The van der Waals surface area contributed by atoms with Crippen molar-refractivity contribution in [1.29, 1.82) is 0 Å². The molecule has 0 saturated carbocycles. The smallest absolute Gasteiger partial charge is 0.225 e. The van der Waals surface area contributed by atoms with Crippen molar-refractivity contribution in [2.75, 3.05) is 18.5 Å². The van der Waals surface area contributed by atoms with E-state index in [2.05, 4.69) is 29.1 Å². The van der Waals surface area contributed by atoms with E-state index in [0.29, 0.717) is 11.8 Å². The summed E-state index contributed by atoms with van der Waals surface area (Å²) in [6.07, 6.45) is 3.56. The Labute approximate surface area is 115 Å². The first-order valence-corrected chi connectivity index (χ1v) is 6.77. The second-order valence-corrected chi connectivity index (χ2v) is 5.73. The van der Waals surface area contributed by atoms with Crippen molar-refractivity contribution in [3.8, 4) is 5.88 Å². The normalized spacial score (nSPS) is 11.7. The standard InChI is InChI=1S/C14H25N3O2/c1-11(2)19-12-6-8-15-13(17-12)16-10-14(3,4)7-5-9-18/h6,8,11,18H,5,7,9-10H2,1-4H3,(H,15,16,17). The van der Waals surface area contributed by atoms with Gasteiger partial charge in [-0.2, -0.15) is 4.98 Å². The van der Waals surface area contributed by atoms with Crippen LogP contribution in [0.2, 0.25) is 0 Å². The van der Waals surface area contributed by atoms with Crippen LogP contribution in [0.5, 0.6) is 5.88 Å². The summed E-state index contributed by atoms with van der Waals surface area (Å²) in [5.41, 5.74) is 0.0982. The van der Waals surface area contributed by atoms with Crippen molar-refractivity contribution in [1.82, 2.24) is 9.97 Å². The maximum Gasteiger partial charge on any atom is 0.225 e. The summed E-state index contributed by atoms with van der Waals surface area (Å²) in [5.74, 6) is 1.16. The largest absolute Gasteiger partial charge is 0.475 e. The van der Waals surface area contributed by atoms with E-state index < -0.39 is 0 Å². The number of aliphatic hydroxyl groups is 1. The van der Waals surface area contributed by atoms with Crippen molar-refractivity contribution in [2.45, 2.75) is 46.6 Å². The molecule has 0 aliphatic rings. The molecule has 1 rings (SSSR count). The van der Waals surface area contributed by atoms with Crippen molar-refractivity contribution >= 4 is 5.95 Å². The predicted octanol–water partition coefficient (Wildman–Crippen LogP) is 2.47. The number of aromatic nitrogens is 2. The van der Waals surface area contributed by atoms with Crippen molar-refractivity contribution in [2.24, 2.45) is 5.41 Å². The third-order valence-corrected chi connectivity index (χ3v) is 2.72. The van der Waals surface area contributed by atoms with Gasteiger partial charge in [-0.25, -0.2) is 4.98 Å². The molecule has 1 heterocycles. The van der Waals surface area contributed by atoms with Crippen LogP contribution in [-0.4, -0.2) is 34.3 Å². The molecular formula is C14H25N3O2. The maximum atomic E-state index is 8.87. The van der Waals surface area contributed by atoms with Gasteiger partial charge in [-0.1, -0.05) is 13.8 Å². The Balaban J connectivity index is 2.52. The van der Waals surface area contributed by atoms with E-state index in [0.717, 1.165) is 19.4 Å². The molecule has 0 aliphatic heterocycles. The van der Waals surface area contributed by atoms with Gasteiger partial charge in [-0.15, -0.1) is 0 Å². The number of ether oxygens (including phenoxy) is 1. The Bertz CT molecular complexity index is 381. The summed E-state index contributed by atoms with van der Waals surface area (Å²) < 4.78 is 5.53. The summed E-state index contributed by atoms with van der Waals surface area (Å²) in [4.78, 5) is 8.48. The van der Waals surface area contributed by atoms with Crippen LogP contribution < -0.4 is 10.1 Å². The quantitative estimate of drug-likeness (QED) is 0.757. The molecule has 1 aromatic heterocycles. The van der Waals surface area contributed by atoms with Crippen LogP contribution in [0.3, 0.4) is 0 Å². The average Bonchev–Trinajstić information content (AvgIpc) is 2.34. The first kappa shape index (κ1) is 15.7. The van der Waals surface area contributed by atoms with Crippen LogP contribution in [0.4, 0.5) is 5.95 Å². The molecule has 5 nitrogen and oxygen atoms in total. The van der Waals surface area contributed by atoms with E-state index in [9.17, 15) is 0 Å². The molecule has 0 spiro atoms. The topological polar surface area (TPSA) is 67.3 Å². The van der Waals surface area contributed by atoms with Gasteiger partial charge in [0.2, 0.25) is 11.8 Å². The molecule has 1 aromatic rings. The Kier molecular flexibility index (Phi) is 6.02. The minimum atomic E-state index is 0.0982. The van der Waals surface area contributed by atoms with Crippen molar-refractivity contribution in [3.63, 3.8) is 0 Å². The Morgan fingerprint density at radius 2 is 2.16 bits per heavy atom. The lowest BCUT2D eigenvalue weighted by Crippen LogP contribution is -2.24. The SMILES string of the molecule is CC(C)Oc1ccnc(NCC(C)(C)CCCO)n1. The summed E-state index contributed by atoms with van der Waals surface area (Å²) >= 11 is 0. The number of aliphatic hydroxyl groups excluding tert-OH is 1. The second kappa shape index (κ2) is 7.28. The van der Waals surface area contributed by atoms with Crippen LogP contribution in [-0.2, 0) is 0 Å². The molecule has 0 saturated heterocycles. The van der Waals surface area contributed by atoms with Gasteiger partial charge in [-0.3, -0.25) is 0 Å². The summed E-state index contributed by atoms with van der Waals surface area (Å²) in [5, 5.41) is 12.1. The monoisotopic (exact) mass is 267 g/mol. The highest BCUT2D eigenvalue weighted by molar-refractivity contribution is 5.27. The Morgan fingerprint density at radius 3 is 2.79 bits per heavy atom. The van der Waals surface area contributed by atoms with Gasteiger partial charge in [-0.05, 0) is 32.1 Å². The highest BCUT2D eigenvalue weighted by Crippen LogP contribution is 2.22. The first-order chi connectivity index (χ1) is 8.93. The molecule has 0 unspecified atom stereocenters. The lowest BCUT2D eigenvalue weighted by atomic mass is 9.88. The van der Waals surface area contributed by atoms with E-state index >= 15 is 0 Å². The number of hydrogen-bond acceptors (Lipinski definition) is 5. The molecule has 5 heteroatoms. The molecule has 0 atom stereocenters. The van der Waals surface area contributed by atoms with E-state index in [1.54, 1.807) is 12.3 Å². The van der Waals surface area contributed by atoms with Crippen LogP contribution in [0, 0.1) is 5.41 Å². The molecule has 0 fully saturated rings. The lowest BCUT2D eigenvalue weighted by Gasteiger charge is -2.24. The van der Waals surface area contributed by atoms with Crippen LogP contribution in [0.25, 0.3) is 0 Å². The minimum Gasteiger partial charge on any atom is -0.475 e. The fourth-order valence-corrected chi connectivity index (χ4v) is 1.70. The minimum absolute atomic E-state index is 0.0982. The molecule has 0 amide bonds. The maximum absolute atomic E-state index is 8.87. The van der Waals surface area contributed by atoms with E-state index in [1.165, 1.54) is 0 Å². The highest BCUT2D eigenvalue weighted by atomic mass is 16.5. The number of rotatable bonds is 8. The van der Waals surface area contributed by atoms with E-state index in [1.807, 2.05) is 13.8 Å². The van der Waals surface area contributed by atoms with Gasteiger partial charge < -0.3 is 15.2 Å². The average molecular weight is 267 g/mol. The van der Waals surface area contributed by atoms with Gasteiger partial charge >= 0.3 is 0 Å². The highest BCUT2D eigenvalue weighted by Gasteiger charge is 2.17. The third kappa shape index (κ3) is 6.38. The van der Waals surface area contributed by atoms with Gasteiger partial charge in [0.05, 0.1) is 6.10 Å². The zero-order valence-corrected chi connectivity index (χ0v) is 12.3. The summed E-state index contributed by atoms with van der Waals surface area (Å²) in [7, 11) is 0. The first-order valence-electron chi connectivity index (χ1n) is 6.77. The van der Waals surface area contributed by atoms with Gasteiger partial charge in [0.25, 0.3) is 0 Å². The zero-order valence-electron chi connectivity index (χ0n) is 12.3. The van der Waals surface area contributed by atoms with Crippen LogP contribution >= 0.6 is 0 Å². The van der Waals surface area contributed by atoms with E-state index in [-0.39, 0.29) is 18.1 Å². The molecule has 0 aliphatic carbocycles. The van der Waals surface area contributed by atoms with Crippen LogP contribution in [0.1, 0.15) is 40.5 Å². The Morgan fingerprint density at radius 1 is 1.42 bits per heavy atom. The van der Waals surface area contributed by atoms with Gasteiger partial charge in [0.1, 0.15) is 0 Å². The molecule has 19 heavy (non-hydrogen) atoms. The van der Waals surface area contributed by atoms with Crippen molar-refractivity contribution < 1.29 is 9.84 Å². The summed E-state index contributed by atoms with van der Waals surface area (Å²) in [6.45, 7) is 9.24. The molecule has 0 bridgehead atoms. The Hall–Kier alpha value is -1.36. The van der Waals surface area contributed by atoms with Gasteiger partial charge in [0.15, 0.2) is 0 Å². The fourth-order valence-electron chi connectivity index (χ4n) is 1.70. The fraction of sp³-hybridized carbons (Fsp3) is 0.714.